The number of rotatable bonds is 14. The standard InChI is InChI=1S/C31H38F2O/c1-3-5-7-8-9-13-17-27-29(34-22-14-6-4-2)23-28(31(33)30(27)32)26-20-18-25(19-21-26)24-15-11-10-12-16-24/h10-12,15-16,18-21,23H,3-9,13-14,17,22H2,1-2H3. The van der Waals surface area contributed by atoms with Gasteiger partial charge in [0.25, 0.3) is 0 Å². The molecule has 0 spiro atoms. The third-order valence-electron chi connectivity index (χ3n) is 6.36. The van der Waals surface area contributed by atoms with E-state index in [0.29, 0.717) is 29.9 Å². The quantitative estimate of drug-likeness (QED) is 0.216. The molecule has 0 unspecified atom stereocenters. The average molecular weight is 465 g/mol. The highest BCUT2D eigenvalue weighted by Crippen LogP contribution is 2.35. The Kier molecular flexibility index (Phi) is 10.6. The number of unbranched alkanes of at least 4 members (excludes halogenated alkanes) is 7. The summed E-state index contributed by atoms with van der Waals surface area (Å²) in [6, 6.07) is 19.3. The van der Waals surface area contributed by atoms with Crippen molar-refractivity contribution in [3.05, 3.63) is 77.9 Å². The smallest absolute Gasteiger partial charge is 0.167 e. The summed E-state index contributed by atoms with van der Waals surface area (Å²) in [6.45, 7) is 4.85. The summed E-state index contributed by atoms with van der Waals surface area (Å²) < 4.78 is 36.6. The molecular formula is C31H38F2O. The molecule has 1 nitrogen and oxygen atoms in total. The molecule has 0 aliphatic heterocycles. The van der Waals surface area contributed by atoms with Crippen molar-refractivity contribution in [3.8, 4) is 28.0 Å². The molecule has 0 saturated carbocycles. The summed E-state index contributed by atoms with van der Waals surface area (Å²) in [5.74, 6) is -1.05. The van der Waals surface area contributed by atoms with E-state index >= 15 is 8.78 Å². The van der Waals surface area contributed by atoms with Gasteiger partial charge in [-0.25, -0.2) is 8.78 Å². The van der Waals surface area contributed by atoms with Crippen LogP contribution >= 0.6 is 0 Å². The normalized spacial score (nSPS) is 11.1. The van der Waals surface area contributed by atoms with Gasteiger partial charge in [-0.2, -0.15) is 0 Å². The zero-order valence-electron chi connectivity index (χ0n) is 20.7. The number of hydrogen-bond acceptors (Lipinski definition) is 1. The van der Waals surface area contributed by atoms with Gasteiger partial charge in [0.15, 0.2) is 11.6 Å². The van der Waals surface area contributed by atoms with Gasteiger partial charge in [0.1, 0.15) is 5.75 Å². The molecule has 3 rings (SSSR count). The first-order chi connectivity index (χ1) is 16.7. The van der Waals surface area contributed by atoms with Crippen LogP contribution in [-0.4, -0.2) is 6.61 Å². The van der Waals surface area contributed by atoms with Gasteiger partial charge in [-0.05, 0) is 42.0 Å². The highest BCUT2D eigenvalue weighted by molar-refractivity contribution is 5.72. The second-order valence-corrected chi connectivity index (χ2v) is 9.05. The SMILES string of the molecule is CCCCCCCCc1c(OCCCCC)cc(-c2ccc(-c3ccccc3)cc2)c(F)c1F. The Morgan fingerprint density at radius 2 is 1.21 bits per heavy atom. The minimum atomic E-state index is -0.783. The Bertz CT molecular complexity index is 996. The summed E-state index contributed by atoms with van der Waals surface area (Å²) >= 11 is 0. The molecule has 0 bridgehead atoms. The summed E-state index contributed by atoms with van der Waals surface area (Å²) in [4.78, 5) is 0. The average Bonchev–Trinajstić information content (AvgIpc) is 2.88. The lowest BCUT2D eigenvalue weighted by Gasteiger charge is -2.16. The van der Waals surface area contributed by atoms with Crippen molar-refractivity contribution in [2.45, 2.75) is 78.1 Å². The highest BCUT2D eigenvalue weighted by atomic mass is 19.2. The zero-order chi connectivity index (χ0) is 24.2. The van der Waals surface area contributed by atoms with E-state index in [2.05, 4.69) is 13.8 Å². The Balaban J connectivity index is 1.83. The van der Waals surface area contributed by atoms with Gasteiger partial charge >= 0.3 is 0 Å². The maximum Gasteiger partial charge on any atom is 0.167 e. The van der Waals surface area contributed by atoms with E-state index in [1.807, 2.05) is 54.6 Å². The fourth-order valence-electron chi connectivity index (χ4n) is 4.30. The van der Waals surface area contributed by atoms with Crippen molar-refractivity contribution < 1.29 is 13.5 Å². The molecule has 0 N–H and O–H groups in total. The molecular weight excluding hydrogens is 426 g/mol. The number of benzene rings is 3. The van der Waals surface area contributed by atoms with E-state index < -0.39 is 11.6 Å². The van der Waals surface area contributed by atoms with E-state index in [1.165, 1.54) is 19.3 Å². The van der Waals surface area contributed by atoms with E-state index in [0.717, 1.165) is 49.7 Å². The predicted octanol–water partition coefficient (Wildman–Crippen LogP) is 9.77. The number of halogens is 2. The number of hydrogen-bond donors (Lipinski definition) is 0. The van der Waals surface area contributed by atoms with Crippen LogP contribution in [0, 0.1) is 11.6 Å². The minimum Gasteiger partial charge on any atom is -0.493 e. The molecule has 0 heterocycles. The molecule has 0 aromatic heterocycles. The van der Waals surface area contributed by atoms with Gasteiger partial charge in [0.2, 0.25) is 0 Å². The lowest BCUT2D eigenvalue weighted by atomic mass is 9.96. The molecule has 0 atom stereocenters. The van der Waals surface area contributed by atoms with Gasteiger partial charge < -0.3 is 4.74 Å². The van der Waals surface area contributed by atoms with Crippen molar-refractivity contribution in [1.29, 1.82) is 0 Å². The van der Waals surface area contributed by atoms with Gasteiger partial charge in [0, 0.05) is 11.1 Å². The van der Waals surface area contributed by atoms with E-state index in [4.69, 9.17) is 4.74 Å². The highest BCUT2D eigenvalue weighted by Gasteiger charge is 2.20. The first-order valence-electron chi connectivity index (χ1n) is 12.9. The van der Waals surface area contributed by atoms with Crippen molar-refractivity contribution in [2.75, 3.05) is 6.61 Å². The van der Waals surface area contributed by atoms with Crippen LogP contribution in [0.5, 0.6) is 5.75 Å². The molecule has 0 aliphatic rings. The van der Waals surface area contributed by atoms with E-state index in [9.17, 15) is 0 Å². The van der Waals surface area contributed by atoms with Gasteiger partial charge in [-0.15, -0.1) is 0 Å². The van der Waals surface area contributed by atoms with Gasteiger partial charge in [-0.3, -0.25) is 0 Å². The van der Waals surface area contributed by atoms with Crippen molar-refractivity contribution in [1.82, 2.24) is 0 Å². The molecule has 0 saturated heterocycles. The van der Waals surface area contributed by atoms with Crippen LogP contribution in [0.1, 0.15) is 77.2 Å². The zero-order valence-corrected chi connectivity index (χ0v) is 20.7. The fraction of sp³-hybridized carbons (Fsp3) is 0.419. The van der Waals surface area contributed by atoms with Gasteiger partial charge in [-0.1, -0.05) is 113 Å². The van der Waals surface area contributed by atoms with Crippen LogP contribution in [0.15, 0.2) is 60.7 Å². The molecule has 3 aromatic rings. The third kappa shape index (κ3) is 7.16. The Morgan fingerprint density at radius 3 is 1.91 bits per heavy atom. The molecule has 3 aromatic carbocycles. The molecule has 182 valence electrons. The fourth-order valence-corrected chi connectivity index (χ4v) is 4.30. The monoisotopic (exact) mass is 464 g/mol. The molecule has 0 amide bonds. The van der Waals surface area contributed by atoms with Crippen LogP contribution < -0.4 is 4.74 Å². The molecule has 34 heavy (non-hydrogen) atoms. The van der Waals surface area contributed by atoms with Crippen LogP contribution in [0.2, 0.25) is 0 Å². The molecule has 3 heteroatoms. The van der Waals surface area contributed by atoms with Crippen LogP contribution in [0.25, 0.3) is 22.3 Å². The first-order valence-corrected chi connectivity index (χ1v) is 12.9. The molecule has 0 aliphatic carbocycles. The minimum absolute atomic E-state index is 0.259. The lowest BCUT2D eigenvalue weighted by Crippen LogP contribution is -2.06. The van der Waals surface area contributed by atoms with Gasteiger partial charge in [0.05, 0.1) is 6.61 Å². The topological polar surface area (TPSA) is 9.23 Å². The van der Waals surface area contributed by atoms with Crippen molar-refractivity contribution >= 4 is 0 Å². The summed E-state index contributed by atoms with van der Waals surface area (Å²) in [7, 11) is 0. The maximum absolute atomic E-state index is 15.3. The van der Waals surface area contributed by atoms with Crippen LogP contribution in [0.3, 0.4) is 0 Å². The maximum atomic E-state index is 15.3. The van der Waals surface area contributed by atoms with Crippen LogP contribution in [0.4, 0.5) is 8.78 Å². The van der Waals surface area contributed by atoms with Crippen molar-refractivity contribution in [2.24, 2.45) is 0 Å². The van der Waals surface area contributed by atoms with Crippen LogP contribution in [-0.2, 0) is 6.42 Å². The molecule has 0 radical (unpaired) electrons. The first kappa shape index (κ1) is 25.9. The second kappa shape index (κ2) is 13.9. The summed E-state index contributed by atoms with van der Waals surface area (Å²) in [5, 5.41) is 0. The third-order valence-corrected chi connectivity index (χ3v) is 6.36. The Morgan fingerprint density at radius 1 is 0.618 bits per heavy atom. The summed E-state index contributed by atoms with van der Waals surface area (Å²) in [6.07, 6.45) is 10.2. The predicted molar refractivity (Wildman–Crippen MR) is 139 cm³/mol. The summed E-state index contributed by atoms with van der Waals surface area (Å²) in [5.41, 5.74) is 3.43. The second-order valence-electron chi connectivity index (χ2n) is 9.05. The largest absolute Gasteiger partial charge is 0.493 e. The van der Waals surface area contributed by atoms with E-state index in [1.54, 1.807) is 6.07 Å². The van der Waals surface area contributed by atoms with Crippen molar-refractivity contribution in [3.63, 3.8) is 0 Å². The Labute approximate surface area is 204 Å². The Hall–Kier alpha value is -2.68. The van der Waals surface area contributed by atoms with E-state index in [-0.39, 0.29) is 5.56 Å². The molecule has 0 fully saturated rings. The lowest BCUT2D eigenvalue weighted by molar-refractivity contribution is 0.299. The number of ether oxygens (including phenoxy) is 1.